The molecular weight excluding hydrogens is 336 g/mol. The molecule has 2 heterocycles. The highest BCUT2D eigenvalue weighted by molar-refractivity contribution is 6.05. The summed E-state index contributed by atoms with van der Waals surface area (Å²) in [7, 11) is 2.04. The number of carbonyl (C=O) groups excluding carboxylic acids is 1. The second kappa shape index (κ2) is 7.08. The van der Waals surface area contributed by atoms with Gasteiger partial charge in [0.05, 0.1) is 6.61 Å². The van der Waals surface area contributed by atoms with E-state index in [9.17, 15) is 4.79 Å². The molecular formula is C23H20N2O2. The Balaban J connectivity index is 1.72. The zero-order valence-corrected chi connectivity index (χ0v) is 15.3. The van der Waals surface area contributed by atoms with Crippen molar-refractivity contribution in [2.24, 2.45) is 0 Å². The van der Waals surface area contributed by atoms with Crippen LogP contribution in [0.2, 0.25) is 0 Å². The van der Waals surface area contributed by atoms with Crippen molar-refractivity contribution in [2.75, 3.05) is 18.6 Å². The zero-order chi connectivity index (χ0) is 18.8. The molecule has 4 heteroatoms. The third-order valence-corrected chi connectivity index (χ3v) is 4.69. The fourth-order valence-corrected chi connectivity index (χ4v) is 3.31. The van der Waals surface area contributed by atoms with Gasteiger partial charge in [0.1, 0.15) is 11.4 Å². The molecule has 1 aliphatic carbocycles. The van der Waals surface area contributed by atoms with Gasteiger partial charge in [0.15, 0.2) is 0 Å². The largest absolute Gasteiger partial charge is 0.494 e. The molecule has 4 nitrogen and oxygen atoms in total. The van der Waals surface area contributed by atoms with Crippen LogP contribution >= 0.6 is 0 Å². The van der Waals surface area contributed by atoms with E-state index in [2.05, 4.69) is 40.2 Å². The number of ketones is 1. The number of carbonyl (C=O) groups is 1. The highest BCUT2D eigenvalue weighted by Gasteiger charge is 2.14. The van der Waals surface area contributed by atoms with Crippen molar-refractivity contribution in [2.45, 2.75) is 6.92 Å². The number of likely N-dealkylation sites (N-methyl/N-ethyl adjacent to an activating group) is 1. The fourth-order valence-electron chi connectivity index (χ4n) is 3.31. The minimum atomic E-state index is -0.0517. The Morgan fingerprint density at radius 1 is 1.15 bits per heavy atom. The van der Waals surface area contributed by atoms with Crippen molar-refractivity contribution in [1.82, 2.24) is 4.98 Å². The van der Waals surface area contributed by atoms with Crippen LogP contribution in [-0.4, -0.2) is 24.4 Å². The van der Waals surface area contributed by atoms with Gasteiger partial charge < -0.3 is 9.64 Å². The second-order valence-corrected chi connectivity index (χ2v) is 6.36. The van der Waals surface area contributed by atoms with E-state index >= 15 is 0 Å². The van der Waals surface area contributed by atoms with Gasteiger partial charge in [-0.2, -0.15) is 0 Å². The minimum absolute atomic E-state index is 0.0517. The number of hydrogen-bond donors (Lipinski definition) is 0. The maximum absolute atomic E-state index is 12.0. The van der Waals surface area contributed by atoms with Gasteiger partial charge in [-0.3, -0.25) is 9.78 Å². The standard InChI is InChI=1S/C23H20N2O2/c1-3-27-19-11-12-21-17(15-19)8-10-18(25(21)2)9-7-16-13-14-24-23-20(16)5-4-6-22(23)26/h4-15H,3H2,1-2H3. The van der Waals surface area contributed by atoms with E-state index in [4.69, 9.17) is 4.74 Å². The normalized spacial score (nSPS) is 17.0. The van der Waals surface area contributed by atoms with Crippen molar-refractivity contribution in [1.29, 1.82) is 0 Å². The first-order valence-corrected chi connectivity index (χ1v) is 8.96. The van der Waals surface area contributed by atoms with Crippen LogP contribution in [0.4, 0.5) is 5.69 Å². The van der Waals surface area contributed by atoms with Gasteiger partial charge in [-0.15, -0.1) is 0 Å². The summed E-state index contributed by atoms with van der Waals surface area (Å²) in [6, 6.07) is 8.04. The van der Waals surface area contributed by atoms with Crippen LogP contribution in [0.1, 0.15) is 23.0 Å². The van der Waals surface area contributed by atoms with E-state index in [-0.39, 0.29) is 5.78 Å². The molecule has 1 aliphatic heterocycles. The van der Waals surface area contributed by atoms with Crippen molar-refractivity contribution >= 4 is 29.7 Å². The molecule has 0 atom stereocenters. The Kier molecular flexibility index (Phi) is 4.47. The Morgan fingerprint density at radius 3 is 2.89 bits per heavy atom. The van der Waals surface area contributed by atoms with Gasteiger partial charge >= 0.3 is 0 Å². The maximum Gasteiger partial charge on any atom is 0.204 e. The second-order valence-electron chi connectivity index (χ2n) is 6.36. The van der Waals surface area contributed by atoms with Crippen molar-refractivity contribution < 1.29 is 9.53 Å². The molecule has 0 saturated heterocycles. The number of anilines is 1. The molecule has 0 radical (unpaired) electrons. The zero-order valence-electron chi connectivity index (χ0n) is 15.3. The number of benzene rings is 1. The number of nitrogens with zero attached hydrogens (tertiary/aromatic N) is 2. The van der Waals surface area contributed by atoms with E-state index in [1.54, 1.807) is 18.3 Å². The number of aromatic nitrogens is 1. The van der Waals surface area contributed by atoms with Crippen molar-refractivity contribution in [3.63, 3.8) is 0 Å². The Labute approximate surface area is 158 Å². The number of rotatable bonds is 3. The molecule has 2 aromatic rings. The summed E-state index contributed by atoms with van der Waals surface area (Å²) in [4.78, 5) is 18.3. The average Bonchev–Trinajstić information content (AvgIpc) is 2.68. The van der Waals surface area contributed by atoms with Gasteiger partial charge in [0, 0.05) is 35.4 Å². The summed E-state index contributed by atoms with van der Waals surface area (Å²) in [6.07, 6.45) is 15.2. The lowest BCUT2D eigenvalue weighted by molar-refractivity contribution is 0.104. The third kappa shape index (κ3) is 3.22. The Morgan fingerprint density at radius 2 is 2.04 bits per heavy atom. The van der Waals surface area contributed by atoms with Crippen LogP contribution in [0.3, 0.4) is 0 Å². The van der Waals surface area contributed by atoms with Gasteiger partial charge in [-0.1, -0.05) is 24.3 Å². The predicted octanol–water partition coefficient (Wildman–Crippen LogP) is 2.84. The number of ether oxygens (including phenoxy) is 1. The molecule has 0 amide bonds. The molecule has 27 heavy (non-hydrogen) atoms. The summed E-state index contributed by atoms with van der Waals surface area (Å²) < 4.78 is 5.59. The molecule has 0 fully saturated rings. The van der Waals surface area contributed by atoms with Gasteiger partial charge in [-0.25, -0.2) is 0 Å². The number of fused-ring (bicyclic) bond motifs is 2. The van der Waals surface area contributed by atoms with Gasteiger partial charge in [0.25, 0.3) is 0 Å². The molecule has 1 aromatic carbocycles. The molecule has 1 aromatic heterocycles. The van der Waals surface area contributed by atoms with Crippen LogP contribution in [0, 0.1) is 0 Å². The molecule has 4 rings (SSSR count). The lowest BCUT2D eigenvalue weighted by atomic mass is 10.0. The highest BCUT2D eigenvalue weighted by Crippen LogP contribution is 2.32. The lowest BCUT2D eigenvalue weighted by Gasteiger charge is -2.26. The van der Waals surface area contributed by atoms with Crippen LogP contribution in [-0.2, 0) is 0 Å². The first kappa shape index (κ1) is 17.0. The number of allylic oxidation sites excluding steroid dienone is 4. The fraction of sp³-hybridized carbons (Fsp3) is 0.130. The minimum Gasteiger partial charge on any atom is -0.494 e. The number of pyridine rings is 1. The lowest BCUT2D eigenvalue weighted by Crippen LogP contribution is -2.33. The monoisotopic (exact) mass is 356 g/mol. The topological polar surface area (TPSA) is 42.4 Å². The average molecular weight is 356 g/mol. The summed E-state index contributed by atoms with van der Waals surface area (Å²) in [5.74, 6) is 0.828. The molecule has 2 aliphatic rings. The predicted molar refractivity (Wildman–Crippen MR) is 109 cm³/mol. The van der Waals surface area contributed by atoms with E-state index in [1.807, 2.05) is 38.3 Å². The Bertz CT molecular complexity index is 1120. The van der Waals surface area contributed by atoms with Crippen molar-refractivity contribution in [3.8, 4) is 5.75 Å². The summed E-state index contributed by atoms with van der Waals surface area (Å²) in [5, 5.41) is 1.84. The van der Waals surface area contributed by atoms with Crippen molar-refractivity contribution in [3.05, 3.63) is 82.2 Å². The Hall–Kier alpha value is -3.40. The third-order valence-electron chi connectivity index (χ3n) is 4.69. The van der Waals surface area contributed by atoms with Crippen LogP contribution in [0.15, 0.2) is 60.5 Å². The summed E-state index contributed by atoms with van der Waals surface area (Å²) >= 11 is 0. The van der Waals surface area contributed by atoms with Gasteiger partial charge in [-0.05, 0) is 54.6 Å². The van der Waals surface area contributed by atoms with E-state index in [1.165, 1.54) is 0 Å². The molecule has 0 bridgehead atoms. The van der Waals surface area contributed by atoms with E-state index in [0.29, 0.717) is 12.3 Å². The van der Waals surface area contributed by atoms with Crippen LogP contribution in [0.25, 0.3) is 18.2 Å². The number of hydrogen-bond acceptors (Lipinski definition) is 4. The maximum atomic E-state index is 12.0. The smallest absolute Gasteiger partial charge is 0.204 e. The molecule has 0 spiro atoms. The molecule has 0 unspecified atom stereocenters. The first-order chi connectivity index (χ1) is 13.2. The van der Waals surface area contributed by atoms with E-state index < -0.39 is 0 Å². The van der Waals surface area contributed by atoms with Crippen LogP contribution < -0.4 is 20.1 Å². The highest BCUT2D eigenvalue weighted by atomic mass is 16.5. The van der Waals surface area contributed by atoms with Gasteiger partial charge in [0.2, 0.25) is 5.78 Å². The van der Waals surface area contributed by atoms with Crippen LogP contribution in [0.5, 0.6) is 5.75 Å². The quantitative estimate of drug-likeness (QED) is 0.848. The van der Waals surface area contributed by atoms with E-state index in [0.717, 1.165) is 33.1 Å². The first-order valence-electron chi connectivity index (χ1n) is 8.96. The summed E-state index contributed by atoms with van der Waals surface area (Å²) in [6.45, 7) is 2.64. The molecule has 0 saturated carbocycles. The summed E-state index contributed by atoms with van der Waals surface area (Å²) in [5.41, 5.74) is 3.83. The molecule has 0 N–H and O–H groups in total. The molecule has 134 valence electrons. The SMILES string of the molecule is CCOc1ccc2c(c1)C=CC(=CC=c1ccnc3c1=CC=CC3=O)N2C.